The number of rotatable bonds is 8. The first-order valence-electron chi connectivity index (χ1n) is 6.49. The van der Waals surface area contributed by atoms with Gasteiger partial charge in [0.1, 0.15) is 0 Å². The molecule has 0 aliphatic carbocycles. The SMILES string of the molecule is CCCCCCC(C)Oc1cc(C(=O)O)ccn1. The quantitative estimate of drug-likeness (QED) is 0.718. The number of carbonyl (C=O) groups is 1. The Bertz CT molecular complexity index is 379. The van der Waals surface area contributed by atoms with Gasteiger partial charge in [-0.1, -0.05) is 26.2 Å². The maximum absolute atomic E-state index is 10.8. The standard InChI is InChI=1S/C14H21NO3/c1-3-4-5-6-7-11(2)18-13-10-12(14(16)17)8-9-15-13/h8-11H,3-7H2,1-2H3,(H,16,17). The van der Waals surface area contributed by atoms with Crippen molar-refractivity contribution in [2.24, 2.45) is 0 Å². The predicted octanol–water partition coefficient (Wildman–Crippen LogP) is 3.52. The Morgan fingerprint density at radius 1 is 1.44 bits per heavy atom. The number of unbranched alkanes of at least 4 members (excludes halogenated alkanes) is 3. The third kappa shape index (κ3) is 5.17. The summed E-state index contributed by atoms with van der Waals surface area (Å²) in [5.41, 5.74) is 0.207. The summed E-state index contributed by atoms with van der Waals surface area (Å²) in [5.74, 6) is -0.573. The first kappa shape index (κ1) is 14.5. The van der Waals surface area contributed by atoms with Gasteiger partial charge in [0.2, 0.25) is 5.88 Å². The normalized spacial score (nSPS) is 12.1. The van der Waals surface area contributed by atoms with Crippen LogP contribution in [0.1, 0.15) is 56.3 Å². The molecule has 1 N–H and O–H groups in total. The van der Waals surface area contributed by atoms with Gasteiger partial charge in [-0.05, 0) is 25.8 Å². The molecule has 0 aromatic carbocycles. The highest BCUT2D eigenvalue weighted by molar-refractivity contribution is 5.87. The van der Waals surface area contributed by atoms with E-state index in [1.807, 2.05) is 6.92 Å². The van der Waals surface area contributed by atoms with Crippen LogP contribution < -0.4 is 4.74 Å². The fourth-order valence-corrected chi connectivity index (χ4v) is 1.73. The lowest BCUT2D eigenvalue weighted by Crippen LogP contribution is -2.12. The Morgan fingerprint density at radius 2 is 2.22 bits per heavy atom. The molecule has 0 saturated carbocycles. The van der Waals surface area contributed by atoms with Crippen LogP contribution in [0.2, 0.25) is 0 Å². The summed E-state index contributed by atoms with van der Waals surface area (Å²) in [6.07, 6.45) is 7.32. The van der Waals surface area contributed by atoms with Crippen LogP contribution >= 0.6 is 0 Å². The maximum atomic E-state index is 10.8. The average Bonchev–Trinajstić information content (AvgIpc) is 2.35. The van der Waals surface area contributed by atoms with Gasteiger partial charge in [-0.15, -0.1) is 0 Å². The summed E-state index contributed by atoms with van der Waals surface area (Å²) in [7, 11) is 0. The van der Waals surface area contributed by atoms with Crippen molar-refractivity contribution in [2.75, 3.05) is 0 Å². The molecule has 1 heterocycles. The van der Waals surface area contributed by atoms with Gasteiger partial charge >= 0.3 is 5.97 Å². The number of aromatic carboxylic acids is 1. The number of aromatic nitrogens is 1. The Labute approximate surface area is 108 Å². The zero-order chi connectivity index (χ0) is 13.4. The molecule has 0 bridgehead atoms. The molecule has 4 nitrogen and oxygen atoms in total. The Balaban J connectivity index is 2.41. The van der Waals surface area contributed by atoms with Crippen LogP contribution in [0.15, 0.2) is 18.3 Å². The van der Waals surface area contributed by atoms with Crippen molar-refractivity contribution in [3.05, 3.63) is 23.9 Å². The summed E-state index contributed by atoms with van der Waals surface area (Å²) >= 11 is 0. The molecule has 100 valence electrons. The van der Waals surface area contributed by atoms with Gasteiger partial charge in [-0.3, -0.25) is 0 Å². The van der Waals surface area contributed by atoms with E-state index in [1.165, 1.54) is 37.6 Å². The zero-order valence-corrected chi connectivity index (χ0v) is 11.1. The molecule has 1 aromatic rings. The fourth-order valence-electron chi connectivity index (χ4n) is 1.73. The lowest BCUT2D eigenvalue weighted by atomic mass is 10.1. The van der Waals surface area contributed by atoms with Crippen LogP contribution in [0.25, 0.3) is 0 Å². The van der Waals surface area contributed by atoms with Crippen molar-refractivity contribution in [1.82, 2.24) is 4.98 Å². The van der Waals surface area contributed by atoms with E-state index in [0.29, 0.717) is 5.88 Å². The summed E-state index contributed by atoms with van der Waals surface area (Å²) in [5, 5.41) is 8.86. The minimum Gasteiger partial charge on any atom is -0.478 e. The second-order valence-electron chi connectivity index (χ2n) is 4.47. The van der Waals surface area contributed by atoms with Gasteiger partial charge in [-0.25, -0.2) is 9.78 Å². The monoisotopic (exact) mass is 251 g/mol. The van der Waals surface area contributed by atoms with Gasteiger partial charge in [0.15, 0.2) is 0 Å². The van der Waals surface area contributed by atoms with Crippen LogP contribution in [-0.2, 0) is 0 Å². The third-order valence-electron chi connectivity index (χ3n) is 2.77. The lowest BCUT2D eigenvalue weighted by Gasteiger charge is -2.13. The Morgan fingerprint density at radius 3 is 2.89 bits per heavy atom. The topological polar surface area (TPSA) is 59.4 Å². The first-order valence-corrected chi connectivity index (χ1v) is 6.49. The molecule has 1 aromatic heterocycles. The van der Waals surface area contributed by atoms with Crippen molar-refractivity contribution in [3.8, 4) is 5.88 Å². The Hall–Kier alpha value is -1.58. The lowest BCUT2D eigenvalue weighted by molar-refractivity contribution is 0.0695. The highest BCUT2D eigenvalue weighted by Gasteiger charge is 2.08. The molecule has 0 amide bonds. The number of hydrogen-bond donors (Lipinski definition) is 1. The van der Waals surface area contributed by atoms with Crippen molar-refractivity contribution < 1.29 is 14.6 Å². The molecule has 0 saturated heterocycles. The largest absolute Gasteiger partial charge is 0.478 e. The number of ether oxygens (including phenoxy) is 1. The summed E-state index contributed by atoms with van der Waals surface area (Å²) in [6.45, 7) is 4.17. The van der Waals surface area contributed by atoms with E-state index in [0.717, 1.165) is 12.8 Å². The number of nitrogens with zero attached hydrogens (tertiary/aromatic N) is 1. The third-order valence-corrected chi connectivity index (χ3v) is 2.77. The molecule has 0 radical (unpaired) electrons. The Kier molecular flexibility index (Phi) is 6.19. The second kappa shape index (κ2) is 7.69. The number of hydrogen-bond acceptors (Lipinski definition) is 3. The van der Waals surface area contributed by atoms with Crippen LogP contribution in [0.4, 0.5) is 0 Å². The van der Waals surface area contributed by atoms with Gasteiger partial charge in [0, 0.05) is 12.3 Å². The van der Waals surface area contributed by atoms with Crippen LogP contribution in [-0.4, -0.2) is 22.2 Å². The number of pyridine rings is 1. The number of carboxylic acid groups (broad SMARTS) is 1. The predicted molar refractivity (Wildman–Crippen MR) is 70.0 cm³/mol. The van der Waals surface area contributed by atoms with E-state index in [2.05, 4.69) is 11.9 Å². The summed E-state index contributed by atoms with van der Waals surface area (Å²) in [4.78, 5) is 14.8. The minimum atomic E-state index is -0.960. The van der Waals surface area contributed by atoms with Crippen molar-refractivity contribution >= 4 is 5.97 Å². The molecule has 1 rings (SSSR count). The molecule has 1 atom stereocenters. The molecule has 18 heavy (non-hydrogen) atoms. The van der Waals surface area contributed by atoms with Gasteiger partial charge < -0.3 is 9.84 Å². The highest BCUT2D eigenvalue weighted by atomic mass is 16.5. The van der Waals surface area contributed by atoms with Crippen LogP contribution in [0, 0.1) is 0 Å². The number of carboxylic acids is 1. The summed E-state index contributed by atoms with van der Waals surface area (Å²) < 4.78 is 5.61. The van der Waals surface area contributed by atoms with Gasteiger partial charge in [0.25, 0.3) is 0 Å². The average molecular weight is 251 g/mol. The van der Waals surface area contributed by atoms with E-state index in [1.54, 1.807) is 0 Å². The van der Waals surface area contributed by atoms with E-state index >= 15 is 0 Å². The van der Waals surface area contributed by atoms with Crippen molar-refractivity contribution in [2.45, 2.75) is 52.1 Å². The smallest absolute Gasteiger partial charge is 0.335 e. The van der Waals surface area contributed by atoms with E-state index in [-0.39, 0.29) is 11.7 Å². The van der Waals surface area contributed by atoms with Crippen molar-refractivity contribution in [3.63, 3.8) is 0 Å². The fraction of sp³-hybridized carbons (Fsp3) is 0.571. The molecular formula is C14H21NO3. The molecule has 1 unspecified atom stereocenters. The van der Waals surface area contributed by atoms with Gasteiger partial charge in [-0.2, -0.15) is 0 Å². The highest BCUT2D eigenvalue weighted by Crippen LogP contribution is 2.14. The van der Waals surface area contributed by atoms with Crippen LogP contribution in [0.3, 0.4) is 0 Å². The van der Waals surface area contributed by atoms with Crippen LogP contribution in [0.5, 0.6) is 5.88 Å². The van der Waals surface area contributed by atoms with E-state index in [4.69, 9.17) is 9.84 Å². The summed E-state index contributed by atoms with van der Waals surface area (Å²) in [6, 6.07) is 2.92. The minimum absolute atomic E-state index is 0.0680. The molecule has 0 aliphatic rings. The maximum Gasteiger partial charge on any atom is 0.335 e. The van der Waals surface area contributed by atoms with Gasteiger partial charge in [0.05, 0.1) is 11.7 Å². The zero-order valence-electron chi connectivity index (χ0n) is 11.1. The molecule has 0 spiro atoms. The molecule has 0 aliphatic heterocycles. The van der Waals surface area contributed by atoms with E-state index in [9.17, 15) is 4.79 Å². The molecule has 0 fully saturated rings. The first-order chi connectivity index (χ1) is 8.63. The van der Waals surface area contributed by atoms with E-state index < -0.39 is 5.97 Å². The van der Waals surface area contributed by atoms with Crippen molar-refractivity contribution in [1.29, 1.82) is 0 Å². The second-order valence-corrected chi connectivity index (χ2v) is 4.47. The molecule has 4 heteroatoms. The molecular weight excluding hydrogens is 230 g/mol.